The summed E-state index contributed by atoms with van der Waals surface area (Å²) in [4.78, 5) is 38.4. The summed E-state index contributed by atoms with van der Waals surface area (Å²) in [6, 6.07) is 9.68. The lowest BCUT2D eigenvalue weighted by Gasteiger charge is -2.38. The quantitative estimate of drug-likeness (QED) is 0.270. The van der Waals surface area contributed by atoms with Gasteiger partial charge in [0.05, 0.1) is 5.92 Å². The van der Waals surface area contributed by atoms with Crippen molar-refractivity contribution in [1.82, 2.24) is 40.0 Å². The van der Waals surface area contributed by atoms with Gasteiger partial charge in [0.15, 0.2) is 11.4 Å². The highest BCUT2D eigenvalue weighted by molar-refractivity contribution is 7.08. The molecule has 2 fully saturated rings. The minimum atomic E-state index is -2.89. The van der Waals surface area contributed by atoms with Crippen LogP contribution >= 0.6 is 11.3 Å². The number of alkyl halides is 3. The highest BCUT2D eigenvalue weighted by Gasteiger charge is 2.43. The number of carbonyl (C=O) groups is 2. The second kappa shape index (κ2) is 11.4. The van der Waals surface area contributed by atoms with Gasteiger partial charge in [0.2, 0.25) is 11.8 Å². The smallest absolute Gasteiger partial charge is 0.350 e. The van der Waals surface area contributed by atoms with Crippen LogP contribution in [-0.4, -0.2) is 84.1 Å². The first-order valence-corrected chi connectivity index (χ1v) is 14.7. The number of halogens is 3. The molecule has 0 radical (unpaired) electrons. The van der Waals surface area contributed by atoms with Gasteiger partial charge in [0.1, 0.15) is 23.4 Å². The van der Waals surface area contributed by atoms with Crippen LogP contribution in [0.3, 0.4) is 0 Å². The average Bonchev–Trinajstić information content (AvgIpc) is 3.48. The minimum Gasteiger partial charge on any atom is -0.436 e. The molecular weight excluding hydrogens is 599 g/mol. The molecule has 0 bridgehead atoms. The summed E-state index contributed by atoms with van der Waals surface area (Å²) in [7, 11) is 0. The number of nitrogens with zero attached hydrogens (tertiary/aromatic N) is 8. The van der Waals surface area contributed by atoms with Gasteiger partial charge in [0, 0.05) is 43.6 Å². The van der Waals surface area contributed by atoms with Crippen molar-refractivity contribution in [1.29, 1.82) is 0 Å². The van der Waals surface area contributed by atoms with Gasteiger partial charge in [-0.25, -0.2) is 9.37 Å². The Hall–Kier alpha value is -4.70. The molecule has 4 aromatic heterocycles. The SMILES string of the molecule is O=C(Nc1ccc2oc(-c3ccnc(C(=O)N4CCN(C(c5ccsc5)c5nnn(C(F)F)n5)CC4)c3)nc2c1)C1C[C@@H]1F. The molecule has 44 heavy (non-hydrogen) atoms. The molecule has 2 aliphatic rings. The van der Waals surface area contributed by atoms with Crippen LogP contribution < -0.4 is 5.32 Å². The van der Waals surface area contributed by atoms with E-state index in [0.717, 1.165) is 5.56 Å². The normalized spacial score (nSPS) is 19.4. The molecule has 1 saturated heterocycles. The highest BCUT2D eigenvalue weighted by atomic mass is 32.1. The molecular formula is C28H24F3N9O3S. The standard InChI is InChI=1S/C28H24F3N9O3S/c29-19-13-18(19)25(41)33-17-1-2-22-20(12-17)34-26(43-22)15-3-5-32-21(11-15)27(42)39-8-6-38(7-9-39)23(16-4-10-44-14-16)24-35-37-40(36-24)28(30)31/h1-5,10-12,14,18-19,23,28H,6-9,13H2,(H,33,41)/t18?,19-,23?/m0/s1. The lowest BCUT2D eigenvalue weighted by atomic mass is 10.1. The zero-order valence-corrected chi connectivity index (χ0v) is 23.7. The minimum absolute atomic E-state index is 0.169. The van der Waals surface area contributed by atoms with Crippen LogP contribution in [0.15, 0.2) is 57.8 Å². The Kier molecular flexibility index (Phi) is 7.29. The summed E-state index contributed by atoms with van der Waals surface area (Å²) >= 11 is 1.48. The van der Waals surface area contributed by atoms with Gasteiger partial charge < -0.3 is 14.6 Å². The third-order valence-electron chi connectivity index (χ3n) is 7.62. The van der Waals surface area contributed by atoms with Gasteiger partial charge in [-0.3, -0.25) is 19.5 Å². The van der Waals surface area contributed by atoms with Crippen LogP contribution in [0.25, 0.3) is 22.6 Å². The van der Waals surface area contributed by atoms with Crippen molar-refractivity contribution in [3.05, 3.63) is 70.4 Å². The van der Waals surface area contributed by atoms with Crippen LogP contribution in [0, 0.1) is 5.92 Å². The molecule has 1 aliphatic heterocycles. The maximum atomic E-state index is 13.4. The fourth-order valence-corrected chi connectivity index (χ4v) is 5.89. The third kappa shape index (κ3) is 5.53. The van der Waals surface area contributed by atoms with E-state index in [1.165, 1.54) is 17.5 Å². The second-order valence-corrected chi connectivity index (χ2v) is 11.3. The Labute approximate surface area is 251 Å². The lowest BCUT2D eigenvalue weighted by Crippen LogP contribution is -2.50. The number of tetrazole rings is 1. The molecule has 2 amide bonds. The topological polar surface area (TPSA) is 135 Å². The third-order valence-corrected chi connectivity index (χ3v) is 8.32. The molecule has 0 spiro atoms. The summed E-state index contributed by atoms with van der Waals surface area (Å²) < 4.78 is 45.4. The zero-order valence-electron chi connectivity index (χ0n) is 22.9. The Morgan fingerprint density at radius 2 is 1.91 bits per heavy atom. The fourth-order valence-electron chi connectivity index (χ4n) is 5.21. The average molecular weight is 624 g/mol. The zero-order chi connectivity index (χ0) is 30.4. The number of anilines is 1. The monoisotopic (exact) mass is 623 g/mol. The maximum Gasteiger partial charge on any atom is 0.350 e. The number of benzene rings is 1. The van der Waals surface area contributed by atoms with Crippen molar-refractivity contribution in [2.75, 3.05) is 31.5 Å². The number of amides is 2. The van der Waals surface area contributed by atoms with Crippen LogP contribution in [-0.2, 0) is 4.79 Å². The van der Waals surface area contributed by atoms with Crippen LogP contribution in [0.2, 0.25) is 0 Å². The first-order chi connectivity index (χ1) is 21.3. The number of carbonyl (C=O) groups excluding carboxylic acids is 2. The van der Waals surface area contributed by atoms with Gasteiger partial charge in [-0.05, 0) is 64.4 Å². The Bertz CT molecular complexity index is 1820. The molecule has 5 heterocycles. The number of piperazine rings is 1. The molecule has 7 rings (SSSR count). The summed E-state index contributed by atoms with van der Waals surface area (Å²) in [5.41, 5.74) is 3.09. The number of fused-ring (bicyclic) bond motifs is 1. The van der Waals surface area contributed by atoms with E-state index in [-0.39, 0.29) is 40.4 Å². The fraction of sp³-hybridized carbons (Fsp3) is 0.321. The number of hydrogen-bond acceptors (Lipinski definition) is 10. The Morgan fingerprint density at radius 3 is 2.61 bits per heavy atom. The van der Waals surface area contributed by atoms with Crippen molar-refractivity contribution in [2.24, 2.45) is 5.92 Å². The van der Waals surface area contributed by atoms with Gasteiger partial charge in [0.25, 0.3) is 5.91 Å². The van der Waals surface area contributed by atoms with Crippen LogP contribution in [0.5, 0.6) is 0 Å². The maximum absolute atomic E-state index is 13.4. The van der Waals surface area contributed by atoms with E-state index in [9.17, 15) is 22.8 Å². The van der Waals surface area contributed by atoms with Crippen molar-refractivity contribution < 1.29 is 27.2 Å². The molecule has 1 N–H and O–H groups in total. The molecule has 2 unspecified atom stereocenters. The largest absolute Gasteiger partial charge is 0.436 e. The number of oxazole rings is 1. The first-order valence-electron chi connectivity index (χ1n) is 13.8. The predicted molar refractivity (Wildman–Crippen MR) is 152 cm³/mol. The van der Waals surface area contributed by atoms with Crippen LogP contribution in [0.4, 0.5) is 18.9 Å². The lowest BCUT2D eigenvalue weighted by molar-refractivity contribution is -0.117. The molecule has 5 aromatic rings. The van der Waals surface area contributed by atoms with Crippen molar-refractivity contribution >= 4 is 39.9 Å². The number of rotatable bonds is 8. The molecule has 1 saturated carbocycles. The van der Waals surface area contributed by atoms with E-state index >= 15 is 0 Å². The van der Waals surface area contributed by atoms with Crippen molar-refractivity contribution in [2.45, 2.75) is 25.2 Å². The van der Waals surface area contributed by atoms with E-state index in [4.69, 9.17) is 4.42 Å². The van der Waals surface area contributed by atoms with E-state index < -0.39 is 24.7 Å². The van der Waals surface area contributed by atoms with E-state index in [0.29, 0.717) is 48.5 Å². The van der Waals surface area contributed by atoms with Crippen molar-refractivity contribution in [3.8, 4) is 11.5 Å². The van der Waals surface area contributed by atoms with Gasteiger partial charge >= 0.3 is 6.55 Å². The van der Waals surface area contributed by atoms with E-state index in [1.807, 2.05) is 21.7 Å². The second-order valence-electron chi connectivity index (χ2n) is 10.5. The van der Waals surface area contributed by atoms with Gasteiger partial charge in [-0.15, -0.1) is 10.2 Å². The Balaban J connectivity index is 1.04. The highest BCUT2D eigenvalue weighted by Crippen LogP contribution is 2.35. The molecule has 226 valence electrons. The first kappa shape index (κ1) is 28.1. The summed E-state index contributed by atoms with van der Waals surface area (Å²) in [6.07, 6.45) is 0.655. The summed E-state index contributed by atoms with van der Waals surface area (Å²) in [5, 5.41) is 17.8. The molecule has 1 aliphatic carbocycles. The van der Waals surface area contributed by atoms with E-state index in [1.54, 1.807) is 35.2 Å². The molecule has 3 atom stereocenters. The Morgan fingerprint density at radius 1 is 1.09 bits per heavy atom. The van der Waals surface area contributed by atoms with Gasteiger partial charge in [-0.2, -0.15) is 20.1 Å². The summed E-state index contributed by atoms with van der Waals surface area (Å²) in [6.45, 7) is -1.25. The van der Waals surface area contributed by atoms with E-state index in [2.05, 4.69) is 30.7 Å². The van der Waals surface area contributed by atoms with Crippen LogP contribution in [0.1, 0.15) is 40.9 Å². The summed E-state index contributed by atoms with van der Waals surface area (Å²) in [5.74, 6) is -0.797. The number of aromatic nitrogens is 6. The number of thiophene rings is 1. The molecule has 16 heteroatoms. The van der Waals surface area contributed by atoms with Gasteiger partial charge in [-0.1, -0.05) is 4.80 Å². The molecule has 1 aromatic carbocycles. The predicted octanol–water partition coefficient (Wildman–Crippen LogP) is 4.18. The number of hydrogen-bond donors (Lipinski definition) is 1. The number of pyridine rings is 1. The number of nitrogens with one attached hydrogen (secondary N) is 1. The van der Waals surface area contributed by atoms with Crippen molar-refractivity contribution in [3.63, 3.8) is 0 Å². The molecule has 12 nitrogen and oxygen atoms in total.